The van der Waals surface area contributed by atoms with Crippen molar-refractivity contribution in [2.24, 2.45) is 7.05 Å². The Morgan fingerprint density at radius 2 is 2.25 bits per heavy atom. The van der Waals surface area contributed by atoms with Crippen LogP contribution in [-0.4, -0.2) is 35.6 Å². The molecular weight excluding hydrogens is 252 g/mol. The summed E-state index contributed by atoms with van der Waals surface area (Å²) in [6, 6.07) is 6.19. The van der Waals surface area contributed by atoms with Gasteiger partial charge in [0.05, 0.1) is 18.9 Å². The first kappa shape index (κ1) is 13.0. The number of benzene rings is 1. The molecule has 1 saturated heterocycles. The SMILES string of the molecule is CC1CN(c2ccc(N)c(-c3cnn(C)c3)c2)CCO1. The number of rotatable bonds is 2. The molecule has 0 saturated carbocycles. The van der Waals surface area contributed by atoms with Crippen LogP contribution in [0.2, 0.25) is 0 Å². The molecule has 2 heterocycles. The van der Waals surface area contributed by atoms with E-state index < -0.39 is 0 Å². The lowest BCUT2D eigenvalue weighted by Crippen LogP contribution is -2.41. The fourth-order valence-electron chi connectivity index (χ4n) is 2.60. The molecule has 20 heavy (non-hydrogen) atoms. The molecule has 0 aliphatic carbocycles. The van der Waals surface area contributed by atoms with E-state index in [1.54, 1.807) is 4.68 Å². The quantitative estimate of drug-likeness (QED) is 0.848. The number of aromatic nitrogens is 2. The van der Waals surface area contributed by atoms with E-state index in [2.05, 4.69) is 29.1 Å². The highest BCUT2D eigenvalue weighted by Gasteiger charge is 2.18. The van der Waals surface area contributed by atoms with E-state index in [-0.39, 0.29) is 6.10 Å². The Morgan fingerprint density at radius 3 is 2.95 bits per heavy atom. The molecule has 1 aliphatic heterocycles. The van der Waals surface area contributed by atoms with Crippen LogP contribution in [0, 0.1) is 0 Å². The summed E-state index contributed by atoms with van der Waals surface area (Å²) < 4.78 is 7.38. The van der Waals surface area contributed by atoms with Crippen LogP contribution in [0.3, 0.4) is 0 Å². The second-order valence-electron chi connectivity index (χ2n) is 5.30. The number of anilines is 2. The minimum Gasteiger partial charge on any atom is -0.398 e. The third kappa shape index (κ3) is 2.49. The molecule has 5 nitrogen and oxygen atoms in total. The number of aryl methyl sites for hydroxylation is 1. The molecule has 1 fully saturated rings. The van der Waals surface area contributed by atoms with Crippen molar-refractivity contribution in [1.29, 1.82) is 0 Å². The van der Waals surface area contributed by atoms with Crippen molar-refractivity contribution in [1.82, 2.24) is 9.78 Å². The van der Waals surface area contributed by atoms with E-state index >= 15 is 0 Å². The average Bonchev–Trinajstić information content (AvgIpc) is 2.86. The fraction of sp³-hybridized carbons (Fsp3) is 0.400. The summed E-state index contributed by atoms with van der Waals surface area (Å²) in [5, 5.41) is 4.22. The number of morpholine rings is 1. The highest BCUT2D eigenvalue weighted by molar-refractivity contribution is 5.79. The van der Waals surface area contributed by atoms with Crippen molar-refractivity contribution in [3.05, 3.63) is 30.6 Å². The summed E-state index contributed by atoms with van der Waals surface area (Å²) in [6.07, 6.45) is 4.10. The number of hydrogen-bond donors (Lipinski definition) is 1. The van der Waals surface area contributed by atoms with Gasteiger partial charge in [-0.2, -0.15) is 5.10 Å². The number of nitrogens with zero attached hydrogens (tertiary/aromatic N) is 3. The molecule has 3 rings (SSSR count). The largest absolute Gasteiger partial charge is 0.398 e. The van der Waals surface area contributed by atoms with Gasteiger partial charge < -0.3 is 15.4 Å². The van der Waals surface area contributed by atoms with Crippen LogP contribution < -0.4 is 10.6 Å². The van der Waals surface area contributed by atoms with Gasteiger partial charge in [-0.1, -0.05) is 0 Å². The van der Waals surface area contributed by atoms with Gasteiger partial charge in [-0.25, -0.2) is 0 Å². The Hall–Kier alpha value is -2.01. The second kappa shape index (κ2) is 5.17. The summed E-state index contributed by atoms with van der Waals surface area (Å²) in [5.41, 5.74) is 10.2. The Balaban J connectivity index is 1.94. The minimum atomic E-state index is 0.267. The fourth-order valence-corrected chi connectivity index (χ4v) is 2.60. The lowest BCUT2D eigenvalue weighted by Gasteiger charge is -2.33. The summed E-state index contributed by atoms with van der Waals surface area (Å²) in [6.45, 7) is 4.70. The normalized spacial score (nSPS) is 19.3. The molecule has 0 radical (unpaired) electrons. The molecule has 1 aliphatic rings. The monoisotopic (exact) mass is 272 g/mol. The topological polar surface area (TPSA) is 56.3 Å². The van der Waals surface area contributed by atoms with Gasteiger partial charge in [0, 0.05) is 48.8 Å². The Bertz CT molecular complexity index is 608. The highest BCUT2D eigenvalue weighted by Crippen LogP contribution is 2.30. The van der Waals surface area contributed by atoms with Gasteiger partial charge in [-0.05, 0) is 25.1 Å². The molecule has 0 amide bonds. The molecule has 1 unspecified atom stereocenters. The number of hydrogen-bond acceptors (Lipinski definition) is 4. The van der Waals surface area contributed by atoms with Crippen LogP contribution in [-0.2, 0) is 11.8 Å². The van der Waals surface area contributed by atoms with Crippen LogP contribution in [0.1, 0.15) is 6.92 Å². The molecule has 2 N–H and O–H groups in total. The summed E-state index contributed by atoms with van der Waals surface area (Å²) in [4.78, 5) is 2.34. The van der Waals surface area contributed by atoms with Gasteiger partial charge in [0.2, 0.25) is 0 Å². The van der Waals surface area contributed by atoms with Crippen molar-refractivity contribution in [3.63, 3.8) is 0 Å². The number of nitrogens with two attached hydrogens (primary N) is 1. The second-order valence-corrected chi connectivity index (χ2v) is 5.30. The van der Waals surface area contributed by atoms with E-state index in [0.29, 0.717) is 0 Å². The van der Waals surface area contributed by atoms with Gasteiger partial charge in [0.15, 0.2) is 0 Å². The van der Waals surface area contributed by atoms with Crippen molar-refractivity contribution in [3.8, 4) is 11.1 Å². The molecule has 2 aromatic rings. The molecule has 1 aromatic carbocycles. The van der Waals surface area contributed by atoms with Crippen molar-refractivity contribution >= 4 is 11.4 Å². The predicted molar refractivity (Wildman–Crippen MR) is 80.7 cm³/mol. The molecular formula is C15H20N4O. The van der Waals surface area contributed by atoms with Crippen LogP contribution in [0.5, 0.6) is 0 Å². The van der Waals surface area contributed by atoms with Crippen LogP contribution in [0.4, 0.5) is 11.4 Å². The first-order valence-electron chi connectivity index (χ1n) is 6.88. The van der Waals surface area contributed by atoms with Crippen molar-refractivity contribution in [2.75, 3.05) is 30.3 Å². The number of ether oxygens (including phenoxy) is 1. The van der Waals surface area contributed by atoms with E-state index in [0.717, 1.165) is 36.5 Å². The summed E-state index contributed by atoms with van der Waals surface area (Å²) in [7, 11) is 1.91. The first-order chi connectivity index (χ1) is 9.63. The molecule has 1 aromatic heterocycles. The standard InChI is InChI=1S/C15H20N4O/c1-11-9-19(5-6-20-11)13-3-4-15(16)14(7-13)12-8-17-18(2)10-12/h3-4,7-8,10-11H,5-6,9,16H2,1-2H3. The van der Waals surface area contributed by atoms with Gasteiger partial charge in [-0.3, -0.25) is 4.68 Å². The maximum atomic E-state index is 6.11. The van der Waals surface area contributed by atoms with E-state index in [4.69, 9.17) is 10.5 Å². The van der Waals surface area contributed by atoms with Gasteiger partial charge in [0.1, 0.15) is 0 Å². The van der Waals surface area contributed by atoms with E-state index in [9.17, 15) is 0 Å². The molecule has 0 spiro atoms. The van der Waals surface area contributed by atoms with E-state index in [1.807, 2.05) is 25.5 Å². The zero-order chi connectivity index (χ0) is 14.1. The van der Waals surface area contributed by atoms with Crippen LogP contribution in [0.15, 0.2) is 30.6 Å². The van der Waals surface area contributed by atoms with Gasteiger partial charge >= 0.3 is 0 Å². The summed E-state index contributed by atoms with van der Waals surface area (Å²) >= 11 is 0. The van der Waals surface area contributed by atoms with E-state index in [1.165, 1.54) is 5.69 Å². The lowest BCUT2D eigenvalue weighted by atomic mass is 10.1. The zero-order valence-corrected chi connectivity index (χ0v) is 11.9. The van der Waals surface area contributed by atoms with Gasteiger partial charge in [-0.15, -0.1) is 0 Å². The lowest BCUT2D eigenvalue weighted by molar-refractivity contribution is 0.0532. The van der Waals surface area contributed by atoms with Crippen molar-refractivity contribution < 1.29 is 4.74 Å². The Morgan fingerprint density at radius 1 is 1.40 bits per heavy atom. The van der Waals surface area contributed by atoms with Crippen LogP contribution in [0.25, 0.3) is 11.1 Å². The highest BCUT2D eigenvalue weighted by atomic mass is 16.5. The predicted octanol–water partition coefficient (Wildman–Crippen LogP) is 1.89. The average molecular weight is 272 g/mol. The van der Waals surface area contributed by atoms with Gasteiger partial charge in [0.25, 0.3) is 0 Å². The molecule has 106 valence electrons. The Labute approximate surface area is 118 Å². The Kier molecular flexibility index (Phi) is 3.36. The van der Waals surface area contributed by atoms with Crippen molar-refractivity contribution in [2.45, 2.75) is 13.0 Å². The zero-order valence-electron chi connectivity index (χ0n) is 11.9. The molecule has 1 atom stereocenters. The molecule has 0 bridgehead atoms. The maximum Gasteiger partial charge on any atom is 0.0722 e. The maximum absolute atomic E-state index is 6.11. The summed E-state index contributed by atoms with van der Waals surface area (Å²) in [5.74, 6) is 0. The molecule has 5 heteroatoms. The smallest absolute Gasteiger partial charge is 0.0722 e. The third-order valence-corrected chi connectivity index (χ3v) is 3.66. The minimum absolute atomic E-state index is 0.267. The number of nitrogen functional groups attached to an aromatic ring is 1. The third-order valence-electron chi connectivity index (χ3n) is 3.66. The van der Waals surface area contributed by atoms with Crippen LogP contribution >= 0.6 is 0 Å². The first-order valence-corrected chi connectivity index (χ1v) is 6.88.